The first-order chi connectivity index (χ1) is 15.3. The number of allylic oxidation sites excluding steroid dienone is 1. The first-order valence-electron chi connectivity index (χ1n) is 12.4. The van der Waals surface area contributed by atoms with E-state index in [0.29, 0.717) is 17.2 Å². The van der Waals surface area contributed by atoms with E-state index in [-0.39, 0.29) is 11.4 Å². The van der Waals surface area contributed by atoms with Crippen molar-refractivity contribution in [3.63, 3.8) is 0 Å². The predicted octanol–water partition coefficient (Wildman–Crippen LogP) is 8.20. The maximum absolute atomic E-state index is 12.6. The van der Waals surface area contributed by atoms with Crippen LogP contribution in [0.3, 0.4) is 0 Å². The van der Waals surface area contributed by atoms with Gasteiger partial charge in [-0.1, -0.05) is 83.4 Å². The molecule has 1 saturated carbocycles. The van der Waals surface area contributed by atoms with Gasteiger partial charge < -0.3 is 4.74 Å². The SMILES string of the molecule is Cc1c(OC(=O)c2ccccc2)ccc2c1C=C[C@]1(C)[C@@H]([C@@H](C)CCCC(C)C)CC[C@@H]21. The highest BCUT2D eigenvalue weighted by atomic mass is 16.5. The van der Waals surface area contributed by atoms with Gasteiger partial charge in [-0.3, -0.25) is 0 Å². The summed E-state index contributed by atoms with van der Waals surface area (Å²) >= 11 is 0. The normalized spacial score (nSPS) is 24.8. The van der Waals surface area contributed by atoms with Crippen molar-refractivity contribution in [3.8, 4) is 5.75 Å². The van der Waals surface area contributed by atoms with Gasteiger partial charge in [0.1, 0.15) is 5.75 Å². The topological polar surface area (TPSA) is 26.3 Å². The van der Waals surface area contributed by atoms with Crippen LogP contribution in [0.15, 0.2) is 48.5 Å². The molecule has 4 atom stereocenters. The van der Waals surface area contributed by atoms with Crippen LogP contribution in [0.1, 0.15) is 92.8 Å². The number of ether oxygens (including phenoxy) is 1. The first kappa shape index (κ1) is 22.8. The Morgan fingerprint density at radius 3 is 2.53 bits per heavy atom. The van der Waals surface area contributed by atoms with Crippen LogP contribution in [0.25, 0.3) is 6.08 Å². The number of carbonyl (C=O) groups excluding carboxylic acids is 1. The van der Waals surface area contributed by atoms with Crippen LogP contribution in [0.2, 0.25) is 0 Å². The fourth-order valence-electron chi connectivity index (χ4n) is 6.26. The average Bonchev–Trinajstić information content (AvgIpc) is 3.13. The molecule has 2 nitrogen and oxygen atoms in total. The Hall–Kier alpha value is -2.35. The molecule has 0 unspecified atom stereocenters. The van der Waals surface area contributed by atoms with Crippen molar-refractivity contribution in [2.24, 2.45) is 23.2 Å². The number of hydrogen-bond donors (Lipinski definition) is 0. The molecule has 0 saturated heterocycles. The second kappa shape index (κ2) is 9.25. The van der Waals surface area contributed by atoms with Crippen molar-refractivity contribution in [1.29, 1.82) is 0 Å². The summed E-state index contributed by atoms with van der Waals surface area (Å²) in [4.78, 5) is 12.6. The zero-order chi connectivity index (χ0) is 22.9. The number of esters is 1. The second-order valence-corrected chi connectivity index (χ2v) is 10.7. The quantitative estimate of drug-likeness (QED) is 0.327. The van der Waals surface area contributed by atoms with Crippen LogP contribution >= 0.6 is 0 Å². The lowest BCUT2D eigenvalue weighted by Gasteiger charge is -2.41. The van der Waals surface area contributed by atoms with Gasteiger partial charge in [-0.15, -0.1) is 0 Å². The fourth-order valence-corrected chi connectivity index (χ4v) is 6.26. The highest BCUT2D eigenvalue weighted by molar-refractivity contribution is 5.91. The zero-order valence-electron chi connectivity index (χ0n) is 20.4. The monoisotopic (exact) mass is 430 g/mol. The number of carbonyl (C=O) groups is 1. The average molecular weight is 431 g/mol. The Kier molecular flexibility index (Phi) is 6.60. The molecule has 0 amide bonds. The molecule has 0 radical (unpaired) electrons. The Morgan fingerprint density at radius 1 is 1.06 bits per heavy atom. The maximum Gasteiger partial charge on any atom is 0.343 e. The molecule has 2 aromatic rings. The summed E-state index contributed by atoms with van der Waals surface area (Å²) in [5, 5.41) is 0. The lowest BCUT2D eigenvalue weighted by atomic mass is 9.63. The zero-order valence-corrected chi connectivity index (χ0v) is 20.4. The number of fused-ring (bicyclic) bond motifs is 3. The predicted molar refractivity (Wildman–Crippen MR) is 133 cm³/mol. The molecular formula is C30H38O2. The number of benzene rings is 2. The minimum absolute atomic E-state index is 0.221. The largest absolute Gasteiger partial charge is 0.423 e. The molecule has 0 aromatic heterocycles. The summed E-state index contributed by atoms with van der Waals surface area (Å²) in [6, 6.07) is 13.4. The van der Waals surface area contributed by atoms with Crippen molar-refractivity contribution < 1.29 is 9.53 Å². The van der Waals surface area contributed by atoms with E-state index in [9.17, 15) is 4.79 Å². The van der Waals surface area contributed by atoms with E-state index in [2.05, 4.69) is 52.8 Å². The maximum atomic E-state index is 12.6. The smallest absolute Gasteiger partial charge is 0.343 e. The third-order valence-electron chi connectivity index (χ3n) is 8.14. The van der Waals surface area contributed by atoms with E-state index in [4.69, 9.17) is 4.74 Å². The third kappa shape index (κ3) is 4.29. The minimum atomic E-state index is -0.297. The van der Waals surface area contributed by atoms with E-state index in [0.717, 1.165) is 23.3 Å². The van der Waals surface area contributed by atoms with Crippen LogP contribution in [0.4, 0.5) is 0 Å². The molecule has 2 aliphatic carbocycles. The van der Waals surface area contributed by atoms with E-state index >= 15 is 0 Å². The lowest BCUT2D eigenvalue weighted by Crippen LogP contribution is -2.31. The van der Waals surface area contributed by atoms with Crippen LogP contribution < -0.4 is 4.74 Å². The molecule has 170 valence electrons. The molecule has 1 fully saturated rings. The Bertz CT molecular complexity index is 987. The molecule has 32 heavy (non-hydrogen) atoms. The van der Waals surface area contributed by atoms with E-state index in [1.54, 1.807) is 12.1 Å². The Labute approximate surface area is 194 Å². The van der Waals surface area contributed by atoms with Crippen molar-refractivity contribution >= 4 is 12.0 Å². The van der Waals surface area contributed by atoms with Gasteiger partial charge in [0.15, 0.2) is 0 Å². The first-order valence-corrected chi connectivity index (χ1v) is 12.4. The van der Waals surface area contributed by atoms with Gasteiger partial charge in [-0.25, -0.2) is 4.79 Å². The van der Waals surface area contributed by atoms with Crippen LogP contribution in [-0.4, -0.2) is 5.97 Å². The van der Waals surface area contributed by atoms with Crippen molar-refractivity contribution in [1.82, 2.24) is 0 Å². The number of hydrogen-bond acceptors (Lipinski definition) is 2. The Morgan fingerprint density at radius 2 is 1.81 bits per heavy atom. The summed E-state index contributed by atoms with van der Waals surface area (Å²) in [5.74, 6) is 3.21. The van der Waals surface area contributed by atoms with Gasteiger partial charge in [-0.2, -0.15) is 0 Å². The van der Waals surface area contributed by atoms with Gasteiger partial charge in [0.05, 0.1) is 5.56 Å². The minimum Gasteiger partial charge on any atom is -0.423 e. The molecule has 2 heteroatoms. The molecule has 2 aromatic carbocycles. The molecule has 4 rings (SSSR count). The molecule has 2 aliphatic rings. The van der Waals surface area contributed by atoms with Gasteiger partial charge >= 0.3 is 5.97 Å². The van der Waals surface area contributed by atoms with Crippen LogP contribution in [-0.2, 0) is 0 Å². The fraction of sp³-hybridized carbons (Fsp3) is 0.500. The van der Waals surface area contributed by atoms with E-state index < -0.39 is 0 Å². The van der Waals surface area contributed by atoms with Crippen molar-refractivity contribution in [2.75, 3.05) is 0 Å². The van der Waals surface area contributed by atoms with E-state index in [1.807, 2.05) is 24.3 Å². The third-order valence-corrected chi connectivity index (χ3v) is 8.14. The summed E-state index contributed by atoms with van der Waals surface area (Å²) in [5.41, 5.74) is 4.55. The standard InChI is InChI=1S/C30H38O2/c1-20(2)10-9-11-21(3)26-15-16-27-25-14-17-28(22(4)24(25)18-19-30(26,27)5)32-29(31)23-12-7-6-8-13-23/h6-8,12-14,17-21,26-27H,9-11,15-16H2,1-5H3/t21-,26+,27-,30+/m0/s1. The molecule has 0 N–H and O–H groups in total. The summed E-state index contributed by atoms with van der Waals surface area (Å²) in [7, 11) is 0. The van der Waals surface area contributed by atoms with Crippen molar-refractivity contribution in [3.05, 3.63) is 70.8 Å². The highest BCUT2D eigenvalue weighted by Gasteiger charge is 2.49. The molecule has 0 heterocycles. The van der Waals surface area contributed by atoms with Crippen molar-refractivity contribution in [2.45, 2.75) is 72.6 Å². The molecular weight excluding hydrogens is 392 g/mol. The highest BCUT2D eigenvalue weighted by Crippen LogP contribution is 2.60. The lowest BCUT2D eigenvalue weighted by molar-refractivity contribution is 0.0733. The summed E-state index contributed by atoms with van der Waals surface area (Å²) in [6.07, 6.45) is 11.3. The molecule has 0 aliphatic heterocycles. The number of rotatable bonds is 7. The van der Waals surface area contributed by atoms with E-state index in [1.165, 1.54) is 43.2 Å². The van der Waals surface area contributed by atoms with Gasteiger partial charge in [0, 0.05) is 0 Å². The molecule has 0 spiro atoms. The van der Waals surface area contributed by atoms with Crippen LogP contribution in [0.5, 0.6) is 5.75 Å². The summed E-state index contributed by atoms with van der Waals surface area (Å²) < 4.78 is 5.78. The van der Waals surface area contributed by atoms with Gasteiger partial charge in [0.2, 0.25) is 0 Å². The van der Waals surface area contributed by atoms with Gasteiger partial charge in [-0.05, 0) is 83.7 Å². The van der Waals surface area contributed by atoms with Crippen LogP contribution in [0, 0.1) is 30.1 Å². The molecule has 0 bridgehead atoms. The second-order valence-electron chi connectivity index (χ2n) is 10.7. The Balaban J connectivity index is 1.53. The summed E-state index contributed by atoms with van der Waals surface area (Å²) in [6.45, 7) is 11.7. The van der Waals surface area contributed by atoms with Gasteiger partial charge in [0.25, 0.3) is 0 Å².